The van der Waals surface area contributed by atoms with Crippen LogP contribution in [0.15, 0.2) is 65.8 Å². The number of carbonyl (C=O) groups excluding carboxylic acids is 2. The van der Waals surface area contributed by atoms with Crippen molar-refractivity contribution >= 4 is 19.7 Å². The van der Waals surface area contributed by atoms with Crippen molar-refractivity contribution in [2.24, 2.45) is 0 Å². The standard InChI is InChI=1S/C26H36F2N2O6P/c1-19(16-31)14-15-26(27,28)37(34,29-20(2)24(32)35-17-22-10-6-4-7-11-22)30-21(3)25(33)36-18-23-12-8-5-9-13-23/h4,6-8,10-14,20-21,29-31,34H,5,9,15-18H2,1-3H3/q+1/b19-14+/t20-,21-,37?/m0/s1. The summed E-state index contributed by atoms with van der Waals surface area (Å²) >= 11 is 0. The van der Waals surface area contributed by atoms with Crippen molar-refractivity contribution in [2.45, 2.75) is 64.4 Å². The Bertz CT molecular complexity index is 1000. The molecule has 0 radical (unpaired) electrons. The van der Waals surface area contributed by atoms with Crippen molar-refractivity contribution < 1.29 is 37.8 Å². The van der Waals surface area contributed by atoms with Crippen LogP contribution in [0, 0.1) is 0 Å². The third kappa shape index (κ3) is 9.72. The van der Waals surface area contributed by atoms with Gasteiger partial charge in [0.2, 0.25) is 0 Å². The fraction of sp³-hybridized carbons (Fsp3) is 0.462. The molecule has 0 spiro atoms. The fourth-order valence-corrected chi connectivity index (χ4v) is 5.43. The molecule has 11 heteroatoms. The molecule has 0 aliphatic heterocycles. The smallest absolute Gasteiger partial charge is 0.415 e. The molecule has 4 N–H and O–H groups in total. The van der Waals surface area contributed by atoms with Crippen molar-refractivity contribution in [2.75, 3.05) is 13.2 Å². The van der Waals surface area contributed by atoms with Gasteiger partial charge in [0.1, 0.15) is 25.3 Å². The third-order valence-electron chi connectivity index (χ3n) is 5.56. The summed E-state index contributed by atoms with van der Waals surface area (Å²) in [5.41, 5.74) is -2.02. The Labute approximate surface area is 217 Å². The second-order valence-electron chi connectivity index (χ2n) is 8.88. The van der Waals surface area contributed by atoms with E-state index in [1.165, 1.54) is 20.8 Å². The molecule has 8 nitrogen and oxygen atoms in total. The maximum Gasteiger partial charge on any atom is 0.415 e. The van der Waals surface area contributed by atoms with Crippen molar-refractivity contribution in [1.82, 2.24) is 10.2 Å². The molecule has 0 saturated heterocycles. The predicted octanol–water partition coefficient (Wildman–Crippen LogP) is 4.18. The zero-order valence-electron chi connectivity index (χ0n) is 21.3. The number of esters is 2. The molecule has 1 unspecified atom stereocenters. The van der Waals surface area contributed by atoms with E-state index in [4.69, 9.17) is 14.6 Å². The van der Waals surface area contributed by atoms with E-state index in [9.17, 15) is 14.5 Å². The van der Waals surface area contributed by atoms with E-state index in [-0.39, 0.29) is 18.8 Å². The minimum Gasteiger partial charge on any atom is -0.460 e. The molecule has 1 aromatic rings. The van der Waals surface area contributed by atoms with Gasteiger partial charge >= 0.3 is 25.4 Å². The minimum atomic E-state index is -4.70. The number of alkyl halides is 2. The average Bonchev–Trinajstić information content (AvgIpc) is 2.89. The first-order chi connectivity index (χ1) is 17.5. The summed E-state index contributed by atoms with van der Waals surface area (Å²) in [6, 6.07) is 6.17. The Kier molecular flexibility index (Phi) is 12.0. The van der Waals surface area contributed by atoms with E-state index in [1.54, 1.807) is 30.3 Å². The maximum atomic E-state index is 15.4. The lowest BCUT2D eigenvalue weighted by atomic mass is 10.1. The van der Waals surface area contributed by atoms with Crippen LogP contribution in [0.3, 0.4) is 0 Å². The van der Waals surface area contributed by atoms with Crippen molar-refractivity contribution in [3.8, 4) is 0 Å². The van der Waals surface area contributed by atoms with E-state index >= 15 is 8.78 Å². The number of rotatable bonds is 14. The number of benzene rings is 1. The zero-order valence-corrected chi connectivity index (χ0v) is 22.2. The van der Waals surface area contributed by atoms with Gasteiger partial charge in [-0.3, -0.25) is 9.59 Å². The fourth-order valence-electron chi connectivity index (χ4n) is 3.29. The first kappa shape index (κ1) is 30.7. The van der Waals surface area contributed by atoms with Gasteiger partial charge in [-0.15, -0.1) is 10.2 Å². The molecule has 1 aliphatic rings. The highest BCUT2D eigenvalue weighted by atomic mass is 31.2. The van der Waals surface area contributed by atoms with Gasteiger partial charge in [-0.2, -0.15) is 8.78 Å². The molecule has 37 heavy (non-hydrogen) atoms. The van der Waals surface area contributed by atoms with Crippen molar-refractivity contribution in [3.63, 3.8) is 0 Å². The quantitative estimate of drug-likeness (QED) is 0.158. The van der Waals surface area contributed by atoms with E-state index < -0.39 is 50.5 Å². The van der Waals surface area contributed by atoms with Gasteiger partial charge in [0, 0.05) is 0 Å². The molecule has 0 fully saturated rings. The number of carbonyl (C=O) groups is 2. The topological polar surface area (TPSA) is 117 Å². The Hall–Kier alpha value is -2.49. The van der Waals surface area contributed by atoms with Gasteiger partial charge in [0.15, 0.2) is 0 Å². The summed E-state index contributed by atoms with van der Waals surface area (Å²) in [4.78, 5) is 36.2. The Morgan fingerprint density at radius 3 is 2.22 bits per heavy atom. The molecule has 0 bridgehead atoms. The molecule has 0 amide bonds. The summed E-state index contributed by atoms with van der Waals surface area (Å²) < 4.78 is 41.2. The molecule has 0 saturated carbocycles. The number of aliphatic hydroxyl groups excluding tert-OH is 1. The van der Waals surface area contributed by atoms with Crippen molar-refractivity contribution in [1.29, 1.82) is 0 Å². The zero-order chi connectivity index (χ0) is 27.5. The van der Waals surface area contributed by atoms with E-state index in [1.807, 2.05) is 18.2 Å². The number of nitrogens with one attached hydrogen (secondary N) is 2. The first-order valence-corrected chi connectivity index (χ1v) is 13.8. The SMILES string of the molecule is C/C(=C\CC(F)(F)[P+](O)(N[C@@H](C)C(=O)OCC1=CCCC=C1)N[C@@H](C)C(=O)OCc1ccccc1)CO. The summed E-state index contributed by atoms with van der Waals surface area (Å²) in [5.74, 6) is -1.69. The predicted molar refractivity (Wildman–Crippen MR) is 138 cm³/mol. The lowest BCUT2D eigenvalue weighted by Crippen LogP contribution is -2.50. The summed E-state index contributed by atoms with van der Waals surface area (Å²) in [5, 5.41) is 13.8. The largest absolute Gasteiger partial charge is 0.460 e. The molecular weight excluding hydrogens is 505 g/mol. The Balaban J connectivity index is 2.13. The van der Waals surface area contributed by atoms with Crippen LogP contribution in [0.1, 0.15) is 45.6 Å². The van der Waals surface area contributed by atoms with Crippen LogP contribution in [-0.4, -0.2) is 52.9 Å². The van der Waals surface area contributed by atoms with Crippen LogP contribution >= 0.6 is 7.79 Å². The van der Waals surface area contributed by atoms with E-state index in [2.05, 4.69) is 10.2 Å². The number of halogens is 2. The summed E-state index contributed by atoms with van der Waals surface area (Å²) in [7, 11) is -4.70. The molecule has 1 aromatic carbocycles. The van der Waals surface area contributed by atoms with Crippen LogP contribution in [0.4, 0.5) is 8.78 Å². The van der Waals surface area contributed by atoms with E-state index in [0.717, 1.165) is 24.5 Å². The highest BCUT2D eigenvalue weighted by Gasteiger charge is 2.64. The van der Waals surface area contributed by atoms with Crippen LogP contribution < -0.4 is 10.2 Å². The average molecular weight is 542 g/mol. The summed E-state index contributed by atoms with van der Waals surface area (Å²) in [6.07, 6.45) is 7.56. The van der Waals surface area contributed by atoms with Crippen LogP contribution in [0.25, 0.3) is 0 Å². The number of allylic oxidation sites excluding steroid dienone is 3. The Morgan fingerprint density at radius 1 is 1.08 bits per heavy atom. The molecule has 0 heterocycles. The molecule has 2 rings (SSSR count). The van der Waals surface area contributed by atoms with Crippen LogP contribution in [-0.2, 0) is 25.7 Å². The number of hydrogen-bond acceptors (Lipinski definition) is 8. The molecule has 204 valence electrons. The van der Waals surface area contributed by atoms with Gasteiger partial charge < -0.3 is 14.6 Å². The van der Waals surface area contributed by atoms with Gasteiger partial charge in [0.25, 0.3) is 0 Å². The first-order valence-electron chi connectivity index (χ1n) is 12.0. The minimum absolute atomic E-state index is 0.0251. The van der Waals surface area contributed by atoms with Gasteiger partial charge in [-0.05, 0) is 44.7 Å². The third-order valence-corrected chi connectivity index (χ3v) is 8.22. The second kappa shape index (κ2) is 14.4. The maximum absolute atomic E-state index is 15.4. The normalized spacial score (nSPS) is 17.4. The van der Waals surface area contributed by atoms with Crippen LogP contribution in [0.5, 0.6) is 0 Å². The Morgan fingerprint density at radius 2 is 1.68 bits per heavy atom. The van der Waals surface area contributed by atoms with Gasteiger partial charge in [-0.1, -0.05) is 60.2 Å². The summed E-state index contributed by atoms with van der Waals surface area (Å²) in [6.45, 7) is 3.52. The molecule has 1 aliphatic carbocycles. The monoisotopic (exact) mass is 541 g/mol. The molecule has 3 atom stereocenters. The van der Waals surface area contributed by atoms with Gasteiger partial charge in [0.05, 0.1) is 13.0 Å². The highest BCUT2D eigenvalue weighted by Crippen LogP contribution is 2.63. The van der Waals surface area contributed by atoms with Crippen LogP contribution in [0.2, 0.25) is 0 Å². The molecular formula is C26H36F2N2O6P+. The van der Waals surface area contributed by atoms with Gasteiger partial charge in [-0.25, -0.2) is 4.89 Å². The molecule has 0 aromatic heterocycles. The number of ether oxygens (including phenoxy) is 2. The van der Waals surface area contributed by atoms with Crippen molar-refractivity contribution in [3.05, 3.63) is 71.3 Å². The lowest BCUT2D eigenvalue weighted by Gasteiger charge is -2.30. The second-order valence-corrected chi connectivity index (χ2v) is 11.3. The number of hydrogen-bond donors (Lipinski definition) is 4. The lowest BCUT2D eigenvalue weighted by molar-refractivity contribution is -0.146. The number of aliphatic hydroxyl groups is 1. The highest BCUT2D eigenvalue weighted by molar-refractivity contribution is 7.67. The van der Waals surface area contributed by atoms with E-state index in [0.29, 0.717) is 5.56 Å².